The molecule has 0 saturated carbocycles. The molecule has 1 N–H and O–H groups in total. The normalized spacial score (nSPS) is 12.8. The van der Waals surface area contributed by atoms with Crippen molar-refractivity contribution in [2.75, 3.05) is 7.11 Å². The van der Waals surface area contributed by atoms with E-state index in [0.29, 0.717) is 5.56 Å². The van der Waals surface area contributed by atoms with E-state index >= 15 is 0 Å². The van der Waals surface area contributed by atoms with Crippen LogP contribution >= 0.6 is 11.3 Å². The van der Waals surface area contributed by atoms with E-state index in [9.17, 15) is 13.2 Å². The van der Waals surface area contributed by atoms with Crippen molar-refractivity contribution >= 4 is 27.3 Å². The Labute approximate surface area is 140 Å². The van der Waals surface area contributed by atoms with Gasteiger partial charge >= 0.3 is 5.97 Å². The zero-order chi connectivity index (χ0) is 17.0. The van der Waals surface area contributed by atoms with Crippen molar-refractivity contribution in [2.45, 2.75) is 31.2 Å². The number of hydrogen-bond acceptors (Lipinski definition) is 5. The van der Waals surface area contributed by atoms with Gasteiger partial charge in [0.1, 0.15) is 0 Å². The summed E-state index contributed by atoms with van der Waals surface area (Å²) < 4.78 is 32.7. The fourth-order valence-electron chi connectivity index (χ4n) is 2.29. The number of nitrogens with one attached hydrogen (secondary N) is 1. The molecule has 0 amide bonds. The van der Waals surface area contributed by atoms with E-state index in [1.807, 2.05) is 24.4 Å². The molecule has 0 aliphatic rings. The number of carbonyl (C=O) groups excluding carboxylic acids is 1. The minimum absolute atomic E-state index is 0.0544. The molecule has 23 heavy (non-hydrogen) atoms. The van der Waals surface area contributed by atoms with Crippen LogP contribution in [0.1, 0.15) is 28.5 Å². The molecule has 0 aliphatic heterocycles. The first kappa shape index (κ1) is 17.7. The summed E-state index contributed by atoms with van der Waals surface area (Å²) in [7, 11) is -2.45. The minimum atomic E-state index is -3.74. The van der Waals surface area contributed by atoms with Gasteiger partial charge in [-0.3, -0.25) is 4.79 Å². The number of aryl methyl sites for hydroxylation is 2. The second-order valence-electron chi connectivity index (χ2n) is 5.24. The third-order valence-electron chi connectivity index (χ3n) is 3.40. The van der Waals surface area contributed by atoms with Crippen molar-refractivity contribution in [3.8, 4) is 0 Å². The summed E-state index contributed by atoms with van der Waals surface area (Å²) in [5.41, 5.74) is 1.66. The lowest BCUT2D eigenvalue weighted by Crippen LogP contribution is -2.30. The van der Waals surface area contributed by atoms with E-state index in [1.54, 1.807) is 25.1 Å². The Bertz CT molecular complexity index is 782. The van der Waals surface area contributed by atoms with Gasteiger partial charge in [0.2, 0.25) is 10.0 Å². The van der Waals surface area contributed by atoms with Gasteiger partial charge in [-0.25, -0.2) is 13.1 Å². The first-order chi connectivity index (χ1) is 10.8. The van der Waals surface area contributed by atoms with Gasteiger partial charge in [0.15, 0.2) is 0 Å². The first-order valence-corrected chi connectivity index (χ1v) is 9.39. The van der Waals surface area contributed by atoms with E-state index in [1.165, 1.54) is 18.4 Å². The predicted octanol–water partition coefficient (Wildman–Crippen LogP) is 2.95. The van der Waals surface area contributed by atoms with Crippen LogP contribution in [0, 0.1) is 13.8 Å². The van der Waals surface area contributed by atoms with Crippen LogP contribution in [0.2, 0.25) is 0 Å². The monoisotopic (exact) mass is 353 g/mol. The topological polar surface area (TPSA) is 72.5 Å². The lowest BCUT2D eigenvalue weighted by molar-refractivity contribution is -0.141. The van der Waals surface area contributed by atoms with Crippen LogP contribution in [0.15, 0.2) is 40.6 Å². The number of benzene rings is 1. The molecule has 0 fully saturated rings. The standard InChI is InChI=1S/C16H19NO4S2/c1-11-6-7-15(12(2)9-11)23(19,20)17-13(10-16(18)21-3)14-5-4-8-22-14/h4-9,13,17H,10H2,1-3H3/t13-/m0/s1. The van der Waals surface area contributed by atoms with Gasteiger partial charge in [0.05, 0.1) is 24.5 Å². The van der Waals surface area contributed by atoms with Crippen LogP contribution < -0.4 is 4.72 Å². The second-order valence-corrected chi connectivity index (χ2v) is 7.90. The molecule has 1 aromatic carbocycles. The molecule has 0 saturated heterocycles. The summed E-state index contributed by atoms with van der Waals surface area (Å²) in [5, 5.41) is 1.84. The molecule has 5 nitrogen and oxygen atoms in total. The molecule has 0 unspecified atom stereocenters. The maximum Gasteiger partial charge on any atom is 0.307 e. The largest absolute Gasteiger partial charge is 0.469 e. The van der Waals surface area contributed by atoms with Crippen LogP contribution in [0.5, 0.6) is 0 Å². The summed E-state index contributed by atoms with van der Waals surface area (Å²) >= 11 is 1.39. The summed E-state index contributed by atoms with van der Waals surface area (Å²) in [4.78, 5) is 12.6. The molecule has 124 valence electrons. The summed E-state index contributed by atoms with van der Waals surface area (Å²) in [5.74, 6) is -0.466. The lowest BCUT2D eigenvalue weighted by atomic mass is 10.2. The minimum Gasteiger partial charge on any atom is -0.469 e. The van der Waals surface area contributed by atoms with Gasteiger partial charge < -0.3 is 4.74 Å². The van der Waals surface area contributed by atoms with Crippen LogP contribution in [0.4, 0.5) is 0 Å². The van der Waals surface area contributed by atoms with E-state index in [0.717, 1.165) is 10.4 Å². The molecule has 0 spiro atoms. The first-order valence-electron chi connectivity index (χ1n) is 7.03. The van der Waals surface area contributed by atoms with Gasteiger partial charge in [0.25, 0.3) is 0 Å². The van der Waals surface area contributed by atoms with Gasteiger partial charge in [-0.15, -0.1) is 11.3 Å². The van der Waals surface area contributed by atoms with Gasteiger partial charge in [-0.05, 0) is 36.9 Å². The highest BCUT2D eigenvalue weighted by Crippen LogP contribution is 2.26. The van der Waals surface area contributed by atoms with Crippen molar-refractivity contribution in [1.29, 1.82) is 0 Å². The van der Waals surface area contributed by atoms with Crippen molar-refractivity contribution in [3.05, 3.63) is 51.7 Å². The predicted molar refractivity (Wildman–Crippen MR) is 89.9 cm³/mol. The third kappa shape index (κ3) is 4.40. The summed E-state index contributed by atoms with van der Waals surface area (Å²) in [6.45, 7) is 3.66. The second kappa shape index (κ2) is 7.25. The average molecular weight is 353 g/mol. The van der Waals surface area contributed by atoms with Gasteiger partial charge in [-0.2, -0.15) is 0 Å². The quantitative estimate of drug-likeness (QED) is 0.811. The highest BCUT2D eigenvalue weighted by atomic mass is 32.2. The maximum absolute atomic E-state index is 12.7. The van der Waals surface area contributed by atoms with Crippen molar-refractivity contribution < 1.29 is 17.9 Å². The molecule has 7 heteroatoms. The number of sulfonamides is 1. The van der Waals surface area contributed by atoms with Crippen LogP contribution in [0.25, 0.3) is 0 Å². The zero-order valence-corrected chi connectivity index (χ0v) is 14.8. The fourth-order valence-corrected chi connectivity index (χ4v) is 4.59. The zero-order valence-electron chi connectivity index (χ0n) is 13.2. The van der Waals surface area contributed by atoms with Crippen LogP contribution in [0.3, 0.4) is 0 Å². The molecular weight excluding hydrogens is 334 g/mol. The molecule has 1 heterocycles. The van der Waals surface area contributed by atoms with E-state index < -0.39 is 22.0 Å². The maximum atomic E-state index is 12.7. The Balaban J connectivity index is 2.32. The summed E-state index contributed by atoms with van der Waals surface area (Å²) in [6.07, 6.45) is -0.0544. The molecule has 0 bridgehead atoms. The summed E-state index contributed by atoms with van der Waals surface area (Å²) in [6, 6.07) is 8.11. The Morgan fingerprint density at radius 3 is 2.61 bits per heavy atom. The average Bonchev–Trinajstić information content (AvgIpc) is 2.99. The van der Waals surface area contributed by atoms with Crippen LogP contribution in [-0.2, 0) is 19.6 Å². The Morgan fingerprint density at radius 1 is 1.30 bits per heavy atom. The number of esters is 1. The molecule has 2 aromatic rings. The number of carbonyl (C=O) groups is 1. The highest BCUT2D eigenvalue weighted by Gasteiger charge is 2.25. The smallest absolute Gasteiger partial charge is 0.307 e. The van der Waals surface area contributed by atoms with E-state index in [-0.39, 0.29) is 11.3 Å². The highest BCUT2D eigenvalue weighted by molar-refractivity contribution is 7.89. The molecule has 0 radical (unpaired) electrons. The van der Waals surface area contributed by atoms with Crippen molar-refractivity contribution in [3.63, 3.8) is 0 Å². The van der Waals surface area contributed by atoms with E-state index in [4.69, 9.17) is 0 Å². The number of ether oxygens (including phenoxy) is 1. The number of thiophene rings is 1. The number of methoxy groups -OCH3 is 1. The molecule has 0 aliphatic carbocycles. The van der Waals surface area contributed by atoms with E-state index in [2.05, 4.69) is 9.46 Å². The molecular formula is C16H19NO4S2. The Kier molecular flexibility index (Phi) is 5.56. The third-order valence-corrected chi connectivity index (χ3v) is 6.02. The molecule has 1 aromatic heterocycles. The fraction of sp³-hybridized carbons (Fsp3) is 0.312. The molecule has 1 atom stereocenters. The number of rotatable bonds is 6. The Morgan fingerprint density at radius 2 is 2.04 bits per heavy atom. The van der Waals surface area contributed by atoms with Crippen LogP contribution in [-0.4, -0.2) is 21.5 Å². The Hall–Kier alpha value is -1.70. The van der Waals surface area contributed by atoms with Crippen molar-refractivity contribution in [1.82, 2.24) is 4.72 Å². The van der Waals surface area contributed by atoms with Crippen molar-refractivity contribution in [2.24, 2.45) is 0 Å². The molecule has 2 rings (SSSR count). The SMILES string of the molecule is COC(=O)C[C@H](NS(=O)(=O)c1ccc(C)cc1C)c1cccs1. The van der Waals surface area contributed by atoms with Gasteiger partial charge in [-0.1, -0.05) is 23.8 Å². The lowest BCUT2D eigenvalue weighted by Gasteiger charge is -2.17. The van der Waals surface area contributed by atoms with Gasteiger partial charge in [0, 0.05) is 4.88 Å². The number of hydrogen-bond donors (Lipinski definition) is 1.